The van der Waals surface area contributed by atoms with Gasteiger partial charge in [0.05, 0.1) is 24.9 Å². The first kappa shape index (κ1) is 19.6. The summed E-state index contributed by atoms with van der Waals surface area (Å²) >= 11 is 0. The maximum atomic E-state index is 13.1. The lowest BCUT2D eigenvalue weighted by Gasteiger charge is -2.25. The quantitative estimate of drug-likeness (QED) is 0.742. The van der Waals surface area contributed by atoms with Gasteiger partial charge >= 0.3 is 5.97 Å². The summed E-state index contributed by atoms with van der Waals surface area (Å²) < 4.78 is 19.5. The molecule has 0 unspecified atom stereocenters. The van der Waals surface area contributed by atoms with Crippen molar-refractivity contribution < 1.29 is 18.7 Å². The van der Waals surface area contributed by atoms with Gasteiger partial charge in [0.1, 0.15) is 12.4 Å². The number of ether oxygens (including phenoxy) is 1. The van der Waals surface area contributed by atoms with E-state index in [1.54, 1.807) is 16.8 Å². The fourth-order valence-electron chi connectivity index (χ4n) is 2.78. The van der Waals surface area contributed by atoms with E-state index in [1.165, 1.54) is 24.1 Å². The molecule has 140 valence electrons. The van der Waals surface area contributed by atoms with Crippen LogP contribution >= 0.6 is 0 Å². The van der Waals surface area contributed by atoms with E-state index >= 15 is 0 Å². The van der Waals surface area contributed by atoms with Crippen molar-refractivity contribution in [3.63, 3.8) is 0 Å². The highest BCUT2D eigenvalue weighted by Crippen LogP contribution is 2.20. The van der Waals surface area contributed by atoms with Crippen molar-refractivity contribution in [1.29, 1.82) is 0 Å². The van der Waals surface area contributed by atoms with Crippen LogP contribution in [-0.4, -0.2) is 46.3 Å². The molecule has 1 aromatic heterocycles. The molecule has 0 saturated heterocycles. The normalized spacial score (nSPS) is 10.9. The van der Waals surface area contributed by atoms with Crippen LogP contribution in [0.3, 0.4) is 0 Å². The van der Waals surface area contributed by atoms with Crippen molar-refractivity contribution in [2.24, 2.45) is 0 Å². The Hall–Kier alpha value is -2.70. The SMILES string of the molecule is COC(=O)CN(C(=O)Cc1c(C)nn(-c2ccc(F)cc2)c1C)C(C)C. The number of amides is 1. The van der Waals surface area contributed by atoms with Crippen LogP contribution in [0.15, 0.2) is 24.3 Å². The number of aryl methyl sites for hydroxylation is 1. The van der Waals surface area contributed by atoms with Crippen LogP contribution < -0.4 is 0 Å². The number of carbonyl (C=O) groups is 2. The first-order valence-electron chi connectivity index (χ1n) is 8.42. The summed E-state index contributed by atoms with van der Waals surface area (Å²) in [6.07, 6.45) is 0.133. The van der Waals surface area contributed by atoms with Crippen LogP contribution in [0.5, 0.6) is 0 Å². The van der Waals surface area contributed by atoms with Gasteiger partial charge < -0.3 is 9.64 Å². The van der Waals surface area contributed by atoms with E-state index < -0.39 is 5.97 Å². The second kappa shape index (κ2) is 8.12. The Labute approximate surface area is 152 Å². The number of esters is 1. The molecule has 26 heavy (non-hydrogen) atoms. The fraction of sp³-hybridized carbons (Fsp3) is 0.421. The molecule has 0 aliphatic heterocycles. The lowest BCUT2D eigenvalue weighted by atomic mass is 10.1. The van der Waals surface area contributed by atoms with Gasteiger partial charge in [-0.3, -0.25) is 9.59 Å². The van der Waals surface area contributed by atoms with Gasteiger partial charge in [-0.25, -0.2) is 9.07 Å². The summed E-state index contributed by atoms with van der Waals surface area (Å²) in [6.45, 7) is 7.31. The topological polar surface area (TPSA) is 64.4 Å². The van der Waals surface area contributed by atoms with Crippen molar-refractivity contribution in [1.82, 2.24) is 14.7 Å². The Morgan fingerprint density at radius 2 is 1.85 bits per heavy atom. The lowest BCUT2D eigenvalue weighted by molar-refractivity contribution is -0.148. The Morgan fingerprint density at radius 1 is 1.23 bits per heavy atom. The molecule has 0 N–H and O–H groups in total. The molecule has 7 heteroatoms. The fourth-order valence-corrected chi connectivity index (χ4v) is 2.78. The average molecular weight is 361 g/mol. The van der Waals surface area contributed by atoms with Gasteiger partial charge in [-0.05, 0) is 52.0 Å². The second-order valence-electron chi connectivity index (χ2n) is 6.41. The Bertz CT molecular complexity index is 797. The number of aromatic nitrogens is 2. The molecule has 0 radical (unpaired) electrons. The van der Waals surface area contributed by atoms with Crippen molar-refractivity contribution in [3.05, 3.63) is 47.0 Å². The number of benzene rings is 1. The number of carbonyl (C=O) groups excluding carboxylic acids is 2. The Balaban J connectivity index is 2.27. The van der Waals surface area contributed by atoms with Crippen LogP contribution in [0.4, 0.5) is 4.39 Å². The number of hydrogen-bond donors (Lipinski definition) is 0. The molecule has 0 atom stereocenters. The molecule has 2 aromatic rings. The zero-order chi connectivity index (χ0) is 19.4. The van der Waals surface area contributed by atoms with Crippen LogP contribution in [0.1, 0.15) is 30.8 Å². The summed E-state index contributed by atoms with van der Waals surface area (Å²) in [6, 6.07) is 5.88. The molecule has 0 saturated carbocycles. The predicted molar refractivity (Wildman–Crippen MR) is 95.6 cm³/mol. The minimum absolute atomic E-state index is 0.0861. The monoisotopic (exact) mass is 361 g/mol. The minimum atomic E-state index is -0.456. The number of halogens is 1. The van der Waals surface area contributed by atoms with Gasteiger partial charge in [0.15, 0.2) is 0 Å². The smallest absolute Gasteiger partial charge is 0.325 e. The lowest BCUT2D eigenvalue weighted by Crippen LogP contribution is -2.42. The van der Waals surface area contributed by atoms with Crippen LogP contribution in [-0.2, 0) is 20.7 Å². The third kappa shape index (κ3) is 4.28. The highest BCUT2D eigenvalue weighted by atomic mass is 19.1. The average Bonchev–Trinajstić information content (AvgIpc) is 2.87. The largest absolute Gasteiger partial charge is 0.468 e. The zero-order valence-electron chi connectivity index (χ0n) is 15.7. The first-order chi connectivity index (χ1) is 12.2. The van der Waals surface area contributed by atoms with Gasteiger partial charge in [-0.1, -0.05) is 0 Å². The van der Waals surface area contributed by atoms with Crippen molar-refractivity contribution in [2.45, 2.75) is 40.2 Å². The summed E-state index contributed by atoms with van der Waals surface area (Å²) in [5.74, 6) is -0.946. The molecule has 0 aliphatic rings. The van der Waals surface area contributed by atoms with Crippen molar-refractivity contribution in [3.8, 4) is 5.69 Å². The summed E-state index contributed by atoms with van der Waals surface area (Å²) in [5, 5.41) is 4.48. The molecule has 1 amide bonds. The number of methoxy groups -OCH3 is 1. The molecule has 2 rings (SSSR count). The molecule has 1 aromatic carbocycles. The summed E-state index contributed by atoms with van der Waals surface area (Å²) in [4.78, 5) is 25.8. The zero-order valence-corrected chi connectivity index (χ0v) is 15.7. The predicted octanol–water partition coefficient (Wildman–Crippen LogP) is 2.58. The van der Waals surface area contributed by atoms with Gasteiger partial charge in [-0.2, -0.15) is 5.10 Å². The number of nitrogens with zero attached hydrogens (tertiary/aromatic N) is 3. The first-order valence-corrected chi connectivity index (χ1v) is 8.42. The minimum Gasteiger partial charge on any atom is -0.468 e. The van der Waals surface area contributed by atoms with Gasteiger partial charge in [0, 0.05) is 17.3 Å². The van der Waals surface area contributed by atoms with E-state index in [0.717, 1.165) is 22.6 Å². The van der Waals surface area contributed by atoms with E-state index in [4.69, 9.17) is 0 Å². The highest BCUT2D eigenvalue weighted by molar-refractivity contribution is 5.84. The molecule has 0 aliphatic carbocycles. The molecule has 0 fully saturated rings. The van der Waals surface area contributed by atoms with Crippen LogP contribution in [0, 0.1) is 19.7 Å². The molecule has 0 spiro atoms. The van der Waals surface area contributed by atoms with Crippen molar-refractivity contribution in [2.75, 3.05) is 13.7 Å². The Morgan fingerprint density at radius 3 is 2.38 bits per heavy atom. The third-order valence-corrected chi connectivity index (χ3v) is 4.31. The summed E-state index contributed by atoms with van der Waals surface area (Å²) in [7, 11) is 1.30. The van der Waals surface area contributed by atoms with Crippen LogP contribution in [0.25, 0.3) is 5.69 Å². The van der Waals surface area contributed by atoms with E-state index in [0.29, 0.717) is 0 Å². The number of hydrogen-bond acceptors (Lipinski definition) is 4. The Kier molecular flexibility index (Phi) is 6.13. The highest BCUT2D eigenvalue weighted by Gasteiger charge is 2.23. The van der Waals surface area contributed by atoms with E-state index in [1.807, 2.05) is 27.7 Å². The third-order valence-electron chi connectivity index (χ3n) is 4.31. The van der Waals surface area contributed by atoms with Gasteiger partial charge in [0.25, 0.3) is 0 Å². The maximum absolute atomic E-state index is 13.1. The molecular formula is C19H24FN3O3. The van der Waals surface area contributed by atoms with E-state index in [9.17, 15) is 14.0 Å². The maximum Gasteiger partial charge on any atom is 0.325 e. The number of rotatable bonds is 6. The van der Waals surface area contributed by atoms with Crippen LogP contribution in [0.2, 0.25) is 0 Å². The van der Waals surface area contributed by atoms with Crippen molar-refractivity contribution >= 4 is 11.9 Å². The molecule has 0 bridgehead atoms. The van der Waals surface area contributed by atoms with Gasteiger partial charge in [-0.15, -0.1) is 0 Å². The standard InChI is InChI=1S/C19H24FN3O3/c1-12(2)22(11-19(25)26-5)18(24)10-17-13(3)21-23(14(17)4)16-8-6-15(20)7-9-16/h6-9,12H,10-11H2,1-5H3. The summed E-state index contributed by atoms with van der Waals surface area (Å²) in [5.41, 5.74) is 3.06. The molecule has 1 heterocycles. The second-order valence-corrected chi connectivity index (χ2v) is 6.41. The van der Waals surface area contributed by atoms with Gasteiger partial charge in [0.2, 0.25) is 5.91 Å². The molecular weight excluding hydrogens is 337 g/mol. The molecule has 6 nitrogen and oxygen atoms in total. The van der Waals surface area contributed by atoms with E-state index in [2.05, 4.69) is 9.84 Å². The van der Waals surface area contributed by atoms with E-state index in [-0.39, 0.29) is 30.7 Å².